The van der Waals surface area contributed by atoms with Crippen LogP contribution in [0.25, 0.3) is 12.2 Å². The van der Waals surface area contributed by atoms with Crippen LogP contribution in [-0.2, 0) is 19.4 Å². The Kier molecular flexibility index (Phi) is 7.91. The van der Waals surface area contributed by atoms with Crippen LogP contribution in [0.4, 0.5) is 0 Å². The Morgan fingerprint density at radius 3 is 2.13 bits per heavy atom. The molecule has 0 saturated heterocycles. The summed E-state index contributed by atoms with van der Waals surface area (Å²) in [6.45, 7) is 0.952. The van der Waals surface area contributed by atoms with Crippen molar-refractivity contribution in [3.63, 3.8) is 0 Å². The highest BCUT2D eigenvalue weighted by molar-refractivity contribution is 7.90. The van der Waals surface area contributed by atoms with Crippen molar-refractivity contribution in [2.24, 2.45) is 0 Å². The maximum absolute atomic E-state index is 12.0. The smallest absolute Gasteiger partial charge is 0.414 e. The van der Waals surface area contributed by atoms with Gasteiger partial charge >= 0.3 is 11.9 Å². The van der Waals surface area contributed by atoms with E-state index in [0.717, 1.165) is 30.5 Å². The van der Waals surface area contributed by atoms with Crippen LogP contribution in [0, 0.1) is 0 Å². The summed E-state index contributed by atoms with van der Waals surface area (Å²) in [6.07, 6.45) is 7.52. The van der Waals surface area contributed by atoms with Crippen LogP contribution in [0.5, 0.6) is 0 Å². The molecule has 0 amide bonds. The average Bonchev–Trinajstić information content (AvgIpc) is 2.85. The molecule has 3 N–H and O–H groups in total. The van der Waals surface area contributed by atoms with Gasteiger partial charge in [0, 0.05) is 12.2 Å². The zero-order chi connectivity index (χ0) is 22.3. The van der Waals surface area contributed by atoms with Crippen molar-refractivity contribution in [1.82, 2.24) is 5.32 Å². The van der Waals surface area contributed by atoms with Crippen molar-refractivity contribution >= 4 is 33.9 Å². The number of hydrogen-bond donors (Lipinski definition) is 3. The molecule has 1 aliphatic carbocycles. The van der Waals surface area contributed by atoms with Crippen LogP contribution in [0.15, 0.2) is 47.4 Å². The summed E-state index contributed by atoms with van der Waals surface area (Å²) < 4.78 is 24.0. The number of carboxylic acid groups (broad SMARTS) is 2. The van der Waals surface area contributed by atoms with Gasteiger partial charge in [0.1, 0.15) is 0 Å². The fourth-order valence-electron chi connectivity index (χ4n) is 3.36. The lowest BCUT2D eigenvalue weighted by molar-refractivity contribution is -0.159. The molecule has 0 aliphatic heterocycles. The minimum atomic E-state index is -3.21. The van der Waals surface area contributed by atoms with E-state index in [0.29, 0.717) is 4.90 Å². The molecule has 8 heteroatoms. The second-order valence-corrected chi connectivity index (χ2v) is 8.95. The lowest BCUT2D eigenvalue weighted by Gasteiger charge is -2.21. The molecule has 30 heavy (non-hydrogen) atoms. The predicted molar refractivity (Wildman–Crippen MR) is 115 cm³/mol. The number of carbonyl (C=O) groups is 2. The number of aliphatic carboxylic acids is 2. The molecule has 1 atom stereocenters. The standard InChI is InChI=1S/C20H23NO2S.C2H2O4/c1-21-13-5-8-19-18-7-4-3-6-15(18)9-10-16-11-12-17(14-20(16)19)24(2,22)23;3-1(4)2(5)6/h3-4,6-7,9-12,14,19,21H,5,8,13H2,1-2H3;(H,3,4)(H,5,6). The first-order chi connectivity index (χ1) is 14.1. The van der Waals surface area contributed by atoms with Crippen LogP contribution in [-0.4, -0.2) is 50.4 Å². The quantitative estimate of drug-likeness (QED) is 0.492. The fraction of sp³-hybridized carbons (Fsp3) is 0.273. The Morgan fingerprint density at radius 2 is 1.57 bits per heavy atom. The number of hydrogen-bond acceptors (Lipinski definition) is 5. The lowest BCUT2D eigenvalue weighted by Crippen LogP contribution is -2.11. The minimum Gasteiger partial charge on any atom is -0.473 e. The van der Waals surface area contributed by atoms with E-state index in [9.17, 15) is 8.42 Å². The highest BCUT2D eigenvalue weighted by Gasteiger charge is 2.22. The molecule has 1 aliphatic rings. The van der Waals surface area contributed by atoms with Crippen LogP contribution in [0.2, 0.25) is 0 Å². The molecule has 0 heterocycles. The first-order valence-electron chi connectivity index (χ1n) is 9.37. The van der Waals surface area contributed by atoms with Crippen molar-refractivity contribution in [1.29, 1.82) is 0 Å². The largest absolute Gasteiger partial charge is 0.473 e. The van der Waals surface area contributed by atoms with Crippen molar-refractivity contribution in [2.75, 3.05) is 19.8 Å². The Labute approximate surface area is 176 Å². The molecular formula is C22H25NO6S. The van der Waals surface area contributed by atoms with Gasteiger partial charge in [-0.3, -0.25) is 0 Å². The Hall–Kier alpha value is -2.97. The normalized spacial score (nSPS) is 14.5. The molecule has 2 aromatic rings. The van der Waals surface area contributed by atoms with Gasteiger partial charge in [0.05, 0.1) is 4.90 Å². The number of rotatable bonds is 5. The summed E-state index contributed by atoms with van der Waals surface area (Å²) in [5.74, 6) is -3.44. The number of nitrogens with one attached hydrogen (secondary N) is 1. The first kappa shape index (κ1) is 23.3. The molecule has 2 aromatic carbocycles. The second-order valence-electron chi connectivity index (χ2n) is 6.93. The van der Waals surface area contributed by atoms with E-state index in [-0.39, 0.29) is 5.92 Å². The zero-order valence-corrected chi connectivity index (χ0v) is 17.6. The summed E-state index contributed by atoms with van der Waals surface area (Å²) in [4.78, 5) is 18.6. The van der Waals surface area contributed by atoms with E-state index in [4.69, 9.17) is 19.8 Å². The molecular weight excluding hydrogens is 406 g/mol. The van der Waals surface area contributed by atoms with Gasteiger partial charge in [-0.1, -0.05) is 42.5 Å². The van der Waals surface area contributed by atoms with Gasteiger partial charge in [0.25, 0.3) is 0 Å². The predicted octanol–water partition coefficient (Wildman–Crippen LogP) is 2.86. The molecule has 3 rings (SSSR count). The SMILES string of the molecule is CNCCCC1c2ccccc2C=Cc2ccc(S(C)(=O)=O)cc21.O=C(O)C(=O)O. The summed E-state index contributed by atoms with van der Waals surface area (Å²) >= 11 is 0. The van der Waals surface area contributed by atoms with Gasteiger partial charge < -0.3 is 15.5 Å². The summed E-state index contributed by atoms with van der Waals surface area (Å²) in [6, 6.07) is 13.9. The second kappa shape index (κ2) is 10.2. The van der Waals surface area contributed by atoms with E-state index >= 15 is 0 Å². The summed E-state index contributed by atoms with van der Waals surface area (Å²) in [5.41, 5.74) is 4.70. The van der Waals surface area contributed by atoms with Gasteiger partial charge in [-0.25, -0.2) is 18.0 Å². The molecule has 0 spiro atoms. The molecule has 0 radical (unpaired) electrons. The van der Waals surface area contributed by atoms with Crippen molar-refractivity contribution in [3.8, 4) is 0 Å². The molecule has 7 nitrogen and oxygen atoms in total. The summed E-state index contributed by atoms with van der Waals surface area (Å²) in [5, 5.41) is 18.0. The summed E-state index contributed by atoms with van der Waals surface area (Å²) in [7, 11) is -1.25. The lowest BCUT2D eigenvalue weighted by atomic mass is 9.84. The van der Waals surface area contributed by atoms with Gasteiger partial charge in [-0.2, -0.15) is 0 Å². The maximum Gasteiger partial charge on any atom is 0.414 e. The maximum atomic E-state index is 12.0. The number of carboxylic acids is 2. The third-order valence-electron chi connectivity index (χ3n) is 4.78. The molecule has 0 aromatic heterocycles. The third-order valence-corrected chi connectivity index (χ3v) is 5.89. The number of benzene rings is 2. The number of sulfone groups is 1. The van der Waals surface area contributed by atoms with Crippen LogP contribution in [0.1, 0.15) is 41.0 Å². The van der Waals surface area contributed by atoms with Gasteiger partial charge in [-0.05, 0) is 60.8 Å². The first-order valence-corrected chi connectivity index (χ1v) is 11.3. The Bertz CT molecular complexity index is 1050. The third kappa shape index (κ3) is 6.01. The molecule has 0 fully saturated rings. The van der Waals surface area contributed by atoms with E-state index in [2.05, 4.69) is 35.7 Å². The van der Waals surface area contributed by atoms with Crippen LogP contribution >= 0.6 is 0 Å². The molecule has 0 saturated carbocycles. The fourth-order valence-corrected chi connectivity index (χ4v) is 4.01. The average molecular weight is 432 g/mol. The Balaban J connectivity index is 0.000000469. The van der Waals surface area contributed by atoms with Crippen LogP contribution in [0.3, 0.4) is 0 Å². The van der Waals surface area contributed by atoms with E-state index in [1.807, 2.05) is 25.2 Å². The van der Waals surface area contributed by atoms with E-state index in [1.54, 1.807) is 6.07 Å². The molecule has 1 unspecified atom stereocenters. The highest BCUT2D eigenvalue weighted by Crippen LogP contribution is 2.38. The Morgan fingerprint density at radius 1 is 0.967 bits per heavy atom. The minimum absolute atomic E-state index is 0.209. The van der Waals surface area contributed by atoms with E-state index < -0.39 is 21.8 Å². The van der Waals surface area contributed by atoms with Crippen molar-refractivity contribution in [3.05, 3.63) is 64.7 Å². The van der Waals surface area contributed by atoms with Gasteiger partial charge in [0.2, 0.25) is 0 Å². The van der Waals surface area contributed by atoms with E-state index in [1.165, 1.54) is 17.4 Å². The molecule has 160 valence electrons. The monoisotopic (exact) mass is 431 g/mol. The van der Waals surface area contributed by atoms with Crippen molar-refractivity contribution in [2.45, 2.75) is 23.7 Å². The zero-order valence-electron chi connectivity index (χ0n) is 16.8. The number of fused-ring (bicyclic) bond motifs is 2. The highest BCUT2D eigenvalue weighted by atomic mass is 32.2. The molecule has 0 bridgehead atoms. The van der Waals surface area contributed by atoms with Gasteiger partial charge in [-0.15, -0.1) is 0 Å². The van der Waals surface area contributed by atoms with Crippen LogP contribution < -0.4 is 5.32 Å². The van der Waals surface area contributed by atoms with Crippen molar-refractivity contribution < 1.29 is 28.2 Å². The topological polar surface area (TPSA) is 121 Å². The van der Waals surface area contributed by atoms with Gasteiger partial charge in [0.15, 0.2) is 9.84 Å².